The Bertz CT molecular complexity index is 2040. The van der Waals surface area contributed by atoms with Crippen molar-refractivity contribution in [2.24, 2.45) is 5.92 Å². The lowest BCUT2D eigenvalue weighted by Gasteiger charge is -2.45. The van der Waals surface area contributed by atoms with Crippen LogP contribution in [-0.4, -0.2) is 18.9 Å². The molecule has 0 fully saturated rings. The maximum Gasteiger partial charge on any atom is 0.315 e. The molecule has 1 N–H and O–H groups in total. The number of carbonyl (C=O) groups is 1. The van der Waals surface area contributed by atoms with Gasteiger partial charge in [-0.15, -0.1) is 0 Å². The van der Waals surface area contributed by atoms with E-state index in [0.717, 1.165) is 43.8 Å². The minimum Gasteiger partial charge on any atom is -0.420 e. The van der Waals surface area contributed by atoms with E-state index in [1.807, 2.05) is 66.7 Å². The molecule has 2 bridgehead atoms. The van der Waals surface area contributed by atoms with E-state index in [1.54, 1.807) is 0 Å². The molecule has 3 aliphatic carbocycles. The van der Waals surface area contributed by atoms with Gasteiger partial charge in [-0.05, 0) is 50.2 Å². The number of fused-ring (bicyclic) bond motifs is 3. The van der Waals surface area contributed by atoms with E-state index in [2.05, 4.69) is 6.07 Å². The summed E-state index contributed by atoms with van der Waals surface area (Å²) < 4.78 is 95.1. The van der Waals surface area contributed by atoms with E-state index in [-0.39, 0.29) is 12.3 Å². The topological polar surface area (TPSA) is 80.7 Å². The minimum atomic E-state index is -5.66. The lowest BCUT2D eigenvalue weighted by atomic mass is 9.58. The van der Waals surface area contributed by atoms with Crippen LogP contribution >= 0.6 is 0 Å². The van der Waals surface area contributed by atoms with E-state index in [4.69, 9.17) is 9.29 Å². The number of halogens is 4. The molecule has 41 heavy (non-hydrogen) atoms. The minimum absolute atomic E-state index is 0.206. The first-order valence-electron chi connectivity index (χ1n) is 12.7. The predicted octanol–water partition coefficient (Wildman–Crippen LogP) is 7.00. The van der Waals surface area contributed by atoms with Gasteiger partial charge in [-0.2, -0.15) is 17.2 Å². The van der Waals surface area contributed by atoms with Crippen molar-refractivity contribution in [2.45, 2.75) is 23.2 Å². The standard InChI is InChI=1S/C31H18F4O5S/c32-25-27(34)30(41(37,38)39)28(35)26(33)29(25)40-31(36)22-13-20-18-10-9-14-5-3-4-8-17(14)23(18)24(22)21-12-16-7-2-1-6-15(16)11-19(20)21/h1-12,20,22,24H,13H2,(H,37,38,39). The molecule has 3 atom stereocenters. The summed E-state index contributed by atoms with van der Waals surface area (Å²) in [5.41, 5.74) is 3.72. The van der Waals surface area contributed by atoms with Gasteiger partial charge in [-0.25, -0.2) is 8.78 Å². The highest BCUT2D eigenvalue weighted by Gasteiger charge is 2.48. The van der Waals surface area contributed by atoms with E-state index >= 15 is 0 Å². The normalized spacial score (nSPS) is 19.3. The van der Waals surface area contributed by atoms with E-state index in [1.165, 1.54) is 0 Å². The number of esters is 1. The maximum atomic E-state index is 14.8. The summed E-state index contributed by atoms with van der Waals surface area (Å²) in [4.78, 5) is 11.4. The van der Waals surface area contributed by atoms with Crippen molar-refractivity contribution in [3.05, 3.63) is 118 Å². The van der Waals surface area contributed by atoms with Gasteiger partial charge in [-0.1, -0.05) is 72.8 Å². The second-order valence-electron chi connectivity index (χ2n) is 10.3. The SMILES string of the molecule is O=C(Oc1c(F)c(F)c(S(=O)(=O)O)c(F)c1F)C1CC2c3cc4ccccc4cc3C1c1c2ccc2ccccc12. The molecular weight excluding hydrogens is 560 g/mol. The van der Waals surface area contributed by atoms with Crippen molar-refractivity contribution in [1.82, 2.24) is 0 Å². The predicted molar refractivity (Wildman–Crippen MR) is 141 cm³/mol. The van der Waals surface area contributed by atoms with Gasteiger partial charge < -0.3 is 4.74 Å². The molecule has 0 amide bonds. The summed E-state index contributed by atoms with van der Waals surface area (Å²) >= 11 is 0. The average Bonchev–Trinajstić information content (AvgIpc) is 2.96. The summed E-state index contributed by atoms with van der Waals surface area (Å²) in [7, 11) is -5.66. The maximum absolute atomic E-state index is 14.8. The lowest BCUT2D eigenvalue weighted by Crippen LogP contribution is -2.38. The highest BCUT2D eigenvalue weighted by molar-refractivity contribution is 7.85. The van der Waals surface area contributed by atoms with Crippen molar-refractivity contribution >= 4 is 37.6 Å². The monoisotopic (exact) mass is 578 g/mol. The Morgan fingerprint density at radius 1 is 0.756 bits per heavy atom. The Kier molecular flexibility index (Phi) is 5.55. The second-order valence-corrected chi connectivity index (χ2v) is 11.7. The second kappa shape index (κ2) is 8.86. The van der Waals surface area contributed by atoms with Crippen LogP contribution in [0.15, 0.2) is 77.7 Å². The molecule has 8 rings (SSSR count). The number of carbonyl (C=O) groups excluding carboxylic acids is 1. The summed E-state index contributed by atoms with van der Waals surface area (Å²) in [6.07, 6.45) is 0.206. The molecule has 3 unspecified atom stereocenters. The molecule has 206 valence electrons. The van der Waals surface area contributed by atoms with Gasteiger partial charge in [0.15, 0.2) is 16.5 Å². The Labute approximate surface area is 230 Å². The quantitative estimate of drug-likeness (QED) is 0.0820. The highest BCUT2D eigenvalue weighted by atomic mass is 32.2. The summed E-state index contributed by atoms with van der Waals surface area (Å²) in [5, 5.41) is 3.75. The summed E-state index contributed by atoms with van der Waals surface area (Å²) in [6.45, 7) is 0. The molecule has 10 heteroatoms. The molecule has 0 heterocycles. The van der Waals surface area contributed by atoms with Crippen LogP contribution < -0.4 is 4.74 Å². The third kappa shape index (κ3) is 3.70. The van der Waals surface area contributed by atoms with Gasteiger partial charge in [0.1, 0.15) is 0 Å². The molecule has 0 saturated carbocycles. The van der Waals surface area contributed by atoms with Gasteiger partial charge in [0.05, 0.1) is 5.92 Å². The number of hydrogen-bond donors (Lipinski definition) is 1. The fourth-order valence-electron chi connectivity index (χ4n) is 6.51. The summed E-state index contributed by atoms with van der Waals surface area (Å²) in [5.74, 6) is -14.0. The fraction of sp³-hybridized carbons (Fsp3) is 0.129. The smallest absolute Gasteiger partial charge is 0.315 e. The molecule has 0 aromatic heterocycles. The van der Waals surface area contributed by atoms with Crippen LogP contribution in [0.25, 0.3) is 21.5 Å². The number of rotatable bonds is 3. The van der Waals surface area contributed by atoms with Crippen molar-refractivity contribution < 1.29 is 40.1 Å². The molecule has 0 radical (unpaired) electrons. The van der Waals surface area contributed by atoms with E-state index in [9.17, 15) is 30.8 Å². The van der Waals surface area contributed by atoms with Crippen molar-refractivity contribution in [3.8, 4) is 5.75 Å². The lowest BCUT2D eigenvalue weighted by molar-refractivity contribution is -0.140. The molecule has 5 aromatic carbocycles. The zero-order chi connectivity index (χ0) is 28.8. The zero-order valence-electron chi connectivity index (χ0n) is 20.9. The first-order chi connectivity index (χ1) is 19.6. The fourth-order valence-corrected chi connectivity index (χ4v) is 7.14. The van der Waals surface area contributed by atoms with Crippen LogP contribution in [0.4, 0.5) is 17.6 Å². The summed E-state index contributed by atoms with van der Waals surface area (Å²) in [6, 6.07) is 23.4. The van der Waals surface area contributed by atoms with Crippen molar-refractivity contribution in [1.29, 1.82) is 0 Å². The molecule has 0 saturated heterocycles. The first-order valence-corrected chi connectivity index (χ1v) is 14.1. The average molecular weight is 579 g/mol. The third-order valence-electron chi connectivity index (χ3n) is 8.19. The van der Waals surface area contributed by atoms with Crippen LogP contribution in [0.3, 0.4) is 0 Å². The van der Waals surface area contributed by atoms with Gasteiger partial charge in [0, 0.05) is 11.8 Å². The number of ether oxygens (including phenoxy) is 1. The Morgan fingerprint density at radius 3 is 1.98 bits per heavy atom. The molecule has 3 aliphatic rings. The van der Waals surface area contributed by atoms with Crippen molar-refractivity contribution in [3.63, 3.8) is 0 Å². The number of benzene rings is 5. The Morgan fingerprint density at radius 2 is 1.34 bits per heavy atom. The van der Waals surface area contributed by atoms with Crippen LogP contribution in [0.5, 0.6) is 5.75 Å². The Hall–Kier alpha value is -4.28. The molecule has 0 spiro atoms. The van der Waals surface area contributed by atoms with Crippen LogP contribution in [0, 0.1) is 29.2 Å². The van der Waals surface area contributed by atoms with Crippen LogP contribution in [-0.2, 0) is 14.9 Å². The molecular formula is C31H18F4O5S. The van der Waals surface area contributed by atoms with E-state index < -0.39 is 61.8 Å². The van der Waals surface area contributed by atoms with E-state index in [0.29, 0.717) is 0 Å². The van der Waals surface area contributed by atoms with Crippen LogP contribution in [0.2, 0.25) is 0 Å². The molecule has 5 nitrogen and oxygen atoms in total. The number of hydrogen-bond acceptors (Lipinski definition) is 4. The molecule has 0 aliphatic heterocycles. The van der Waals surface area contributed by atoms with Crippen LogP contribution in [0.1, 0.15) is 40.5 Å². The highest BCUT2D eigenvalue weighted by Crippen LogP contribution is 2.58. The zero-order valence-corrected chi connectivity index (χ0v) is 21.7. The van der Waals surface area contributed by atoms with Gasteiger partial charge >= 0.3 is 16.1 Å². The molecule has 5 aromatic rings. The van der Waals surface area contributed by atoms with Gasteiger partial charge in [-0.3, -0.25) is 9.35 Å². The van der Waals surface area contributed by atoms with Gasteiger partial charge in [0.25, 0.3) is 0 Å². The Balaban J connectivity index is 1.39. The van der Waals surface area contributed by atoms with Gasteiger partial charge in [0.2, 0.25) is 17.4 Å². The largest absolute Gasteiger partial charge is 0.420 e. The first kappa shape index (κ1) is 25.7. The third-order valence-corrected chi connectivity index (χ3v) is 9.07. The van der Waals surface area contributed by atoms with Crippen molar-refractivity contribution in [2.75, 3.05) is 0 Å².